The molecule has 0 saturated heterocycles. The number of benzene rings is 1. The first-order chi connectivity index (χ1) is 12.4. The van der Waals surface area contributed by atoms with Gasteiger partial charge in [0.15, 0.2) is 11.2 Å². The van der Waals surface area contributed by atoms with Gasteiger partial charge < -0.3 is 10.8 Å². The van der Waals surface area contributed by atoms with Crippen molar-refractivity contribution in [2.75, 3.05) is 10.6 Å². The summed E-state index contributed by atoms with van der Waals surface area (Å²) in [5.41, 5.74) is 5.66. The standard InChI is InChI=1S/C16H12N6O4/c1-8(22(7-23)10-4-2-9(3-5-10)15(25)26)11-6-18-13-12(19-11)14(24)21-16(17)20-13/h2-7H,1H2,(H,25,26)(H3,17,18,20,21,24). The van der Waals surface area contributed by atoms with Crippen LogP contribution in [0.25, 0.3) is 16.9 Å². The summed E-state index contributed by atoms with van der Waals surface area (Å²) in [6.07, 6.45) is 1.80. The van der Waals surface area contributed by atoms with Gasteiger partial charge in [0.05, 0.1) is 17.5 Å². The van der Waals surface area contributed by atoms with E-state index in [2.05, 4.69) is 26.5 Å². The topological polar surface area (TPSA) is 155 Å². The molecule has 0 saturated carbocycles. The van der Waals surface area contributed by atoms with Gasteiger partial charge in [-0.15, -0.1) is 0 Å². The minimum absolute atomic E-state index is 0.0510. The maximum Gasteiger partial charge on any atom is 0.335 e. The fraction of sp³-hybridized carbons (Fsp3) is 0. The van der Waals surface area contributed by atoms with Gasteiger partial charge in [0.1, 0.15) is 5.69 Å². The van der Waals surface area contributed by atoms with Crippen molar-refractivity contribution < 1.29 is 14.7 Å². The number of nitrogen functional groups attached to an aromatic ring is 1. The first kappa shape index (κ1) is 16.8. The highest BCUT2D eigenvalue weighted by Gasteiger charge is 2.16. The number of anilines is 2. The number of carboxylic acids is 1. The van der Waals surface area contributed by atoms with Gasteiger partial charge >= 0.3 is 5.97 Å². The molecule has 10 nitrogen and oxygen atoms in total. The third-order valence-electron chi connectivity index (χ3n) is 3.52. The highest BCUT2D eigenvalue weighted by atomic mass is 16.4. The number of aromatic amines is 1. The van der Waals surface area contributed by atoms with E-state index >= 15 is 0 Å². The quantitative estimate of drug-likeness (QED) is 0.565. The fourth-order valence-electron chi connectivity index (χ4n) is 2.24. The number of H-pyrrole nitrogens is 1. The second-order valence-corrected chi connectivity index (χ2v) is 5.15. The Labute approximate surface area is 145 Å². The van der Waals surface area contributed by atoms with Crippen LogP contribution in [0.15, 0.2) is 41.8 Å². The summed E-state index contributed by atoms with van der Waals surface area (Å²) >= 11 is 0. The van der Waals surface area contributed by atoms with E-state index in [1.165, 1.54) is 30.5 Å². The predicted molar refractivity (Wildman–Crippen MR) is 93.3 cm³/mol. The van der Waals surface area contributed by atoms with E-state index in [0.29, 0.717) is 12.1 Å². The highest BCUT2D eigenvalue weighted by molar-refractivity contribution is 5.95. The first-order valence-corrected chi connectivity index (χ1v) is 7.20. The molecule has 0 unspecified atom stereocenters. The van der Waals surface area contributed by atoms with Crippen LogP contribution in [0, 0.1) is 0 Å². The molecule has 4 N–H and O–H groups in total. The average molecular weight is 352 g/mol. The third kappa shape index (κ3) is 2.98. The second-order valence-electron chi connectivity index (χ2n) is 5.15. The number of nitrogens with one attached hydrogen (secondary N) is 1. The molecule has 0 aliphatic carbocycles. The van der Waals surface area contributed by atoms with Gasteiger partial charge in [-0.25, -0.2) is 14.8 Å². The molecule has 2 aromatic heterocycles. The number of rotatable bonds is 5. The summed E-state index contributed by atoms with van der Waals surface area (Å²) in [5.74, 6) is -1.17. The van der Waals surface area contributed by atoms with Crippen LogP contribution in [0.1, 0.15) is 16.1 Å². The fourth-order valence-corrected chi connectivity index (χ4v) is 2.24. The number of carboxylic acid groups (broad SMARTS) is 1. The molecule has 1 amide bonds. The van der Waals surface area contributed by atoms with Crippen molar-refractivity contribution in [3.63, 3.8) is 0 Å². The summed E-state index contributed by atoms with van der Waals surface area (Å²) in [5, 5.41) is 8.94. The zero-order valence-corrected chi connectivity index (χ0v) is 13.2. The number of nitrogens with zero attached hydrogens (tertiary/aromatic N) is 4. The van der Waals surface area contributed by atoms with E-state index in [9.17, 15) is 14.4 Å². The van der Waals surface area contributed by atoms with E-state index in [4.69, 9.17) is 10.8 Å². The lowest BCUT2D eigenvalue weighted by Crippen LogP contribution is -2.20. The number of hydrogen-bond donors (Lipinski definition) is 3. The van der Waals surface area contributed by atoms with Gasteiger partial charge in [-0.2, -0.15) is 4.98 Å². The number of nitrogens with two attached hydrogens (primary N) is 1. The molecular weight excluding hydrogens is 340 g/mol. The maximum atomic E-state index is 11.9. The zero-order valence-electron chi connectivity index (χ0n) is 13.2. The maximum absolute atomic E-state index is 11.9. The predicted octanol–water partition coefficient (Wildman–Crippen LogP) is 0.627. The van der Waals surface area contributed by atoms with Crippen molar-refractivity contribution in [3.8, 4) is 0 Å². The van der Waals surface area contributed by atoms with E-state index < -0.39 is 11.5 Å². The minimum Gasteiger partial charge on any atom is -0.478 e. The third-order valence-corrected chi connectivity index (χ3v) is 3.52. The Hall–Kier alpha value is -4.08. The molecule has 0 aliphatic rings. The number of carbonyl (C=O) groups excluding carboxylic acids is 1. The number of aromatic carboxylic acids is 1. The SMILES string of the molecule is C=C(c1cnc2nc(N)[nH]c(=O)c2n1)N(C=O)c1ccc(C(=O)O)cc1. The van der Waals surface area contributed by atoms with Crippen LogP contribution in [-0.4, -0.2) is 37.4 Å². The lowest BCUT2D eigenvalue weighted by atomic mass is 10.2. The van der Waals surface area contributed by atoms with Gasteiger partial charge in [-0.1, -0.05) is 6.58 Å². The van der Waals surface area contributed by atoms with Gasteiger partial charge in [-0.3, -0.25) is 19.5 Å². The number of carbonyl (C=O) groups is 2. The summed E-state index contributed by atoms with van der Waals surface area (Å²) in [6, 6.07) is 5.61. The van der Waals surface area contributed by atoms with E-state index in [0.717, 1.165) is 4.90 Å². The Morgan fingerprint density at radius 3 is 2.58 bits per heavy atom. The van der Waals surface area contributed by atoms with Gasteiger partial charge in [0.25, 0.3) is 5.56 Å². The van der Waals surface area contributed by atoms with Crippen LogP contribution in [0.5, 0.6) is 0 Å². The number of hydrogen-bond acceptors (Lipinski definition) is 7. The molecule has 0 atom stereocenters. The normalized spacial score (nSPS) is 10.5. The van der Waals surface area contributed by atoms with Crippen LogP contribution < -0.4 is 16.2 Å². The second kappa shape index (κ2) is 6.43. The number of fused-ring (bicyclic) bond motifs is 1. The Morgan fingerprint density at radius 1 is 1.27 bits per heavy atom. The Bertz CT molecular complexity index is 1090. The molecule has 1 aromatic carbocycles. The van der Waals surface area contributed by atoms with Crippen LogP contribution in [0.3, 0.4) is 0 Å². The number of amides is 1. The van der Waals surface area contributed by atoms with Gasteiger partial charge in [-0.05, 0) is 24.3 Å². The highest BCUT2D eigenvalue weighted by Crippen LogP contribution is 2.23. The lowest BCUT2D eigenvalue weighted by Gasteiger charge is -2.19. The molecule has 3 rings (SSSR count). The molecule has 10 heteroatoms. The zero-order chi connectivity index (χ0) is 18.8. The van der Waals surface area contributed by atoms with Gasteiger partial charge in [0, 0.05) is 5.69 Å². The molecule has 0 spiro atoms. The van der Waals surface area contributed by atoms with Crippen LogP contribution in [0.2, 0.25) is 0 Å². The van der Waals surface area contributed by atoms with Crippen molar-refractivity contribution >= 4 is 40.9 Å². The first-order valence-electron chi connectivity index (χ1n) is 7.20. The van der Waals surface area contributed by atoms with E-state index in [-0.39, 0.29) is 34.1 Å². The minimum atomic E-state index is -1.08. The van der Waals surface area contributed by atoms with Crippen molar-refractivity contribution in [3.05, 3.63) is 58.7 Å². The molecule has 0 aliphatic heterocycles. The van der Waals surface area contributed by atoms with Crippen LogP contribution in [-0.2, 0) is 4.79 Å². The number of aromatic nitrogens is 4. The smallest absolute Gasteiger partial charge is 0.335 e. The molecular formula is C16H12N6O4. The Morgan fingerprint density at radius 2 is 1.96 bits per heavy atom. The average Bonchev–Trinajstić information content (AvgIpc) is 2.62. The van der Waals surface area contributed by atoms with Gasteiger partial charge in [0.2, 0.25) is 12.4 Å². The summed E-state index contributed by atoms with van der Waals surface area (Å²) in [6.45, 7) is 3.80. The van der Waals surface area contributed by atoms with Crippen molar-refractivity contribution in [1.82, 2.24) is 19.9 Å². The molecule has 2 heterocycles. The Kier molecular flexibility index (Phi) is 4.15. The van der Waals surface area contributed by atoms with Crippen molar-refractivity contribution in [2.24, 2.45) is 0 Å². The summed E-state index contributed by atoms with van der Waals surface area (Å²) in [4.78, 5) is 49.9. The molecule has 130 valence electrons. The van der Waals surface area contributed by atoms with Crippen LogP contribution in [0.4, 0.5) is 11.6 Å². The van der Waals surface area contributed by atoms with E-state index in [1.807, 2.05) is 0 Å². The summed E-state index contributed by atoms with van der Waals surface area (Å²) in [7, 11) is 0. The van der Waals surface area contributed by atoms with Crippen LogP contribution >= 0.6 is 0 Å². The summed E-state index contributed by atoms with van der Waals surface area (Å²) < 4.78 is 0. The lowest BCUT2D eigenvalue weighted by molar-refractivity contribution is -0.106. The monoisotopic (exact) mass is 352 g/mol. The van der Waals surface area contributed by atoms with Crippen molar-refractivity contribution in [2.45, 2.75) is 0 Å². The molecule has 26 heavy (non-hydrogen) atoms. The largest absolute Gasteiger partial charge is 0.478 e. The molecule has 0 bridgehead atoms. The molecule has 0 fully saturated rings. The van der Waals surface area contributed by atoms with Crippen molar-refractivity contribution in [1.29, 1.82) is 0 Å². The molecule has 0 radical (unpaired) electrons. The molecule has 3 aromatic rings. The Balaban J connectivity index is 2.00. The van der Waals surface area contributed by atoms with E-state index in [1.54, 1.807) is 0 Å².